The van der Waals surface area contributed by atoms with Crippen molar-refractivity contribution in [3.8, 4) is 5.88 Å². The molecule has 0 saturated heterocycles. The van der Waals surface area contributed by atoms with Crippen molar-refractivity contribution < 1.29 is 9.94 Å². The molecule has 100 valence electrons. The summed E-state index contributed by atoms with van der Waals surface area (Å²) >= 11 is 0. The van der Waals surface area contributed by atoms with E-state index in [0.717, 1.165) is 9.13 Å². The number of rotatable bonds is 4. The molecule has 7 nitrogen and oxygen atoms in total. The van der Waals surface area contributed by atoms with Crippen LogP contribution in [0.25, 0.3) is 0 Å². The van der Waals surface area contributed by atoms with Crippen LogP contribution in [-0.2, 0) is 18.9 Å². The second kappa shape index (κ2) is 5.52. The van der Waals surface area contributed by atoms with Crippen LogP contribution in [-0.4, -0.2) is 26.6 Å². The maximum Gasteiger partial charge on any atom is 0.333 e. The van der Waals surface area contributed by atoms with E-state index in [-0.39, 0.29) is 5.56 Å². The summed E-state index contributed by atoms with van der Waals surface area (Å²) in [6.45, 7) is 3.90. The van der Waals surface area contributed by atoms with Gasteiger partial charge in [0.2, 0.25) is 5.88 Å². The Morgan fingerprint density at radius 1 is 1.28 bits per heavy atom. The minimum absolute atomic E-state index is 0.00412. The molecule has 0 fully saturated rings. The highest BCUT2D eigenvalue weighted by atomic mass is 16.6. The van der Waals surface area contributed by atoms with Crippen LogP contribution in [0.15, 0.2) is 14.7 Å². The van der Waals surface area contributed by atoms with Crippen molar-refractivity contribution in [3.63, 3.8) is 0 Å². The molecule has 0 unspecified atom stereocenters. The van der Waals surface area contributed by atoms with E-state index >= 15 is 0 Å². The number of nitrogens with zero attached hydrogens (tertiary/aromatic N) is 3. The first-order valence-electron chi connectivity index (χ1n) is 5.63. The van der Waals surface area contributed by atoms with E-state index in [1.165, 1.54) is 14.1 Å². The van der Waals surface area contributed by atoms with Crippen LogP contribution in [0.1, 0.15) is 25.8 Å². The summed E-state index contributed by atoms with van der Waals surface area (Å²) in [6.07, 6.45) is 0.404. The number of aromatic nitrogens is 2. The van der Waals surface area contributed by atoms with Gasteiger partial charge in [-0.1, -0.05) is 12.1 Å². The van der Waals surface area contributed by atoms with Gasteiger partial charge in [-0.2, -0.15) is 0 Å². The molecule has 1 N–H and O–H groups in total. The van der Waals surface area contributed by atoms with Crippen LogP contribution in [0.2, 0.25) is 0 Å². The Bertz CT molecular complexity index is 583. The molecule has 0 radical (unpaired) electrons. The summed E-state index contributed by atoms with van der Waals surface area (Å²) in [7, 11) is 2.73. The van der Waals surface area contributed by atoms with Gasteiger partial charge >= 0.3 is 5.69 Å². The maximum absolute atomic E-state index is 12.0. The summed E-state index contributed by atoms with van der Waals surface area (Å²) in [5.41, 5.74) is -0.870. The molecule has 0 atom stereocenters. The van der Waals surface area contributed by atoms with E-state index in [9.17, 15) is 14.7 Å². The van der Waals surface area contributed by atoms with E-state index in [0.29, 0.717) is 18.7 Å². The molecular formula is C11H17N3O4. The minimum Gasteiger partial charge on any atom is -0.494 e. The third-order valence-electron chi connectivity index (χ3n) is 2.56. The molecule has 0 bridgehead atoms. The van der Waals surface area contributed by atoms with E-state index in [1.54, 1.807) is 13.8 Å². The molecule has 7 heteroatoms. The average molecular weight is 255 g/mol. The lowest BCUT2D eigenvalue weighted by Gasteiger charge is -2.10. The van der Waals surface area contributed by atoms with Gasteiger partial charge in [-0.15, -0.1) is 0 Å². The molecule has 0 aliphatic carbocycles. The topological polar surface area (TPSA) is 85.8 Å². The predicted molar refractivity (Wildman–Crippen MR) is 67.0 cm³/mol. The average Bonchev–Trinajstić information content (AvgIpc) is 2.38. The Balaban J connectivity index is 3.60. The predicted octanol–water partition coefficient (Wildman–Crippen LogP) is -0.0598. The van der Waals surface area contributed by atoms with Gasteiger partial charge < -0.3 is 9.94 Å². The second-order valence-electron chi connectivity index (χ2n) is 3.71. The van der Waals surface area contributed by atoms with Crippen LogP contribution in [0.5, 0.6) is 5.88 Å². The molecule has 0 aromatic carbocycles. The summed E-state index contributed by atoms with van der Waals surface area (Å²) in [5, 5.41) is 13.7. The molecular weight excluding hydrogens is 238 g/mol. The lowest BCUT2D eigenvalue weighted by molar-refractivity contribution is 0.158. The van der Waals surface area contributed by atoms with Crippen LogP contribution in [0.4, 0.5) is 0 Å². The van der Waals surface area contributed by atoms with Crippen molar-refractivity contribution in [2.75, 3.05) is 6.61 Å². The number of aromatic hydroxyl groups is 1. The van der Waals surface area contributed by atoms with Gasteiger partial charge in [0.1, 0.15) is 12.2 Å². The first-order chi connectivity index (χ1) is 8.45. The van der Waals surface area contributed by atoms with Gasteiger partial charge in [-0.25, -0.2) is 4.79 Å². The zero-order chi connectivity index (χ0) is 13.9. The number of oxime groups is 1. The van der Waals surface area contributed by atoms with Crippen LogP contribution in [0, 0.1) is 0 Å². The number of hydrogen-bond donors (Lipinski definition) is 1. The SMILES string of the molecule is CCON=C(CC)c1c(O)n(C)c(=O)n(C)c1=O. The standard InChI is InChI=1S/C11H17N3O4/c1-5-7(12-18-6-2)8-9(15)13(3)11(17)14(4)10(8)16/h15H,5-6H2,1-4H3. The highest BCUT2D eigenvalue weighted by molar-refractivity contribution is 6.01. The van der Waals surface area contributed by atoms with Crippen molar-refractivity contribution in [2.24, 2.45) is 19.3 Å². The fourth-order valence-corrected chi connectivity index (χ4v) is 1.52. The van der Waals surface area contributed by atoms with E-state index in [4.69, 9.17) is 4.84 Å². The highest BCUT2D eigenvalue weighted by Gasteiger charge is 2.19. The van der Waals surface area contributed by atoms with Gasteiger partial charge in [-0.05, 0) is 13.3 Å². The molecule has 0 aliphatic rings. The van der Waals surface area contributed by atoms with Gasteiger partial charge in [0.25, 0.3) is 5.56 Å². The third kappa shape index (κ3) is 2.29. The summed E-state index contributed by atoms with van der Waals surface area (Å²) in [6, 6.07) is 0. The zero-order valence-corrected chi connectivity index (χ0v) is 10.9. The minimum atomic E-state index is -0.590. The smallest absolute Gasteiger partial charge is 0.333 e. The zero-order valence-electron chi connectivity index (χ0n) is 10.9. The van der Waals surface area contributed by atoms with Gasteiger partial charge in [0.15, 0.2) is 0 Å². The molecule has 0 amide bonds. The fraction of sp³-hybridized carbons (Fsp3) is 0.545. The molecule has 18 heavy (non-hydrogen) atoms. The number of hydrogen-bond acceptors (Lipinski definition) is 5. The third-order valence-corrected chi connectivity index (χ3v) is 2.56. The van der Waals surface area contributed by atoms with E-state index in [1.807, 2.05) is 0 Å². The van der Waals surface area contributed by atoms with E-state index < -0.39 is 17.1 Å². The Morgan fingerprint density at radius 2 is 1.89 bits per heavy atom. The van der Waals surface area contributed by atoms with Crippen molar-refractivity contribution in [2.45, 2.75) is 20.3 Å². The Kier molecular flexibility index (Phi) is 4.30. The Labute approximate surface area is 104 Å². The molecule has 0 aliphatic heterocycles. The molecule has 0 saturated carbocycles. The molecule has 1 aromatic rings. The van der Waals surface area contributed by atoms with Crippen molar-refractivity contribution in [1.29, 1.82) is 0 Å². The lowest BCUT2D eigenvalue weighted by atomic mass is 10.1. The van der Waals surface area contributed by atoms with E-state index in [2.05, 4.69) is 5.16 Å². The summed E-state index contributed by atoms with van der Waals surface area (Å²) < 4.78 is 1.92. The largest absolute Gasteiger partial charge is 0.494 e. The molecule has 0 spiro atoms. The highest BCUT2D eigenvalue weighted by Crippen LogP contribution is 2.12. The summed E-state index contributed by atoms with van der Waals surface area (Å²) in [4.78, 5) is 28.5. The Morgan fingerprint density at radius 3 is 2.39 bits per heavy atom. The van der Waals surface area contributed by atoms with Crippen molar-refractivity contribution in [3.05, 3.63) is 26.4 Å². The van der Waals surface area contributed by atoms with Gasteiger partial charge in [0.05, 0.1) is 5.71 Å². The van der Waals surface area contributed by atoms with Crippen molar-refractivity contribution >= 4 is 5.71 Å². The first-order valence-corrected chi connectivity index (χ1v) is 5.63. The Hall–Kier alpha value is -2.05. The second-order valence-corrected chi connectivity index (χ2v) is 3.71. The fourth-order valence-electron chi connectivity index (χ4n) is 1.52. The van der Waals surface area contributed by atoms with Gasteiger partial charge in [-0.3, -0.25) is 13.9 Å². The monoisotopic (exact) mass is 255 g/mol. The molecule has 1 heterocycles. The maximum atomic E-state index is 12.0. The molecule has 1 aromatic heterocycles. The van der Waals surface area contributed by atoms with Crippen LogP contribution in [0.3, 0.4) is 0 Å². The normalized spacial score (nSPS) is 11.7. The quantitative estimate of drug-likeness (QED) is 0.603. The van der Waals surface area contributed by atoms with Crippen molar-refractivity contribution in [1.82, 2.24) is 9.13 Å². The van der Waals surface area contributed by atoms with Crippen LogP contribution < -0.4 is 11.2 Å². The first kappa shape index (κ1) is 14.0. The molecule has 1 rings (SSSR count). The van der Waals surface area contributed by atoms with Gasteiger partial charge in [0, 0.05) is 14.1 Å². The lowest BCUT2D eigenvalue weighted by Crippen LogP contribution is -2.40. The van der Waals surface area contributed by atoms with Crippen LogP contribution >= 0.6 is 0 Å². The summed E-state index contributed by atoms with van der Waals surface area (Å²) in [5.74, 6) is -0.400.